The molecule has 0 radical (unpaired) electrons. The number of hydrogen-bond donors (Lipinski definition) is 4. The number of nitrogens with zero attached hydrogens (tertiary/aromatic N) is 2. The van der Waals surface area contributed by atoms with Gasteiger partial charge in [-0.25, -0.2) is 9.97 Å². The minimum atomic E-state index is -4.50. The fourth-order valence-electron chi connectivity index (χ4n) is 2.38. The van der Waals surface area contributed by atoms with Crippen molar-refractivity contribution in [3.63, 3.8) is 0 Å². The first kappa shape index (κ1) is 17.7. The van der Waals surface area contributed by atoms with Crippen molar-refractivity contribution in [2.24, 2.45) is 11.8 Å². The summed E-state index contributed by atoms with van der Waals surface area (Å²) in [5.74, 6) is -6.96. The SMILES string of the molecule is O=C(NNc1nccnc1Cl)C1CC(C(F)(F)F)CCC1(O)O. The van der Waals surface area contributed by atoms with Crippen LogP contribution in [0.2, 0.25) is 5.15 Å². The van der Waals surface area contributed by atoms with Crippen LogP contribution >= 0.6 is 11.6 Å². The fraction of sp³-hybridized carbons (Fsp3) is 0.583. The van der Waals surface area contributed by atoms with E-state index in [1.807, 2.05) is 0 Å². The molecule has 4 N–H and O–H groups in total. The lowest BCUT2D eigenvalue weighted by Crippen LogP contribution is -2.53. The van der Waals surface area contributed by atoms with Gasteiger partial charge >= 0.3 is 6.18 Å². The van der Waals surface area contributed by atoms with Crippen LogP contribution in [0.3, 0.4) is 0 Å². The number of rotatable bonds is 3. The molecule has 0 aromatic carbocycles. The Morgan fingerprint density at radius 3 is 2.61 bits per heavy atom. The van der Waals surface area contributed by atoms with E-state index in [0.717, 1.165) is 0 Å². The number of carbonyl (C=O) groups is 1. The summed E-state index contributed by atoms with van der Waals surface area (Å²) < 4.78 is 38.4. The third-order valence-corrected chi connectivity index (χ3v) is 3.95. The second-order valence-electron chi connectivity index (χ2n) is 5.25. The minimum Gasteiger partial charge on any atom is -0.365 e. The third kappa shape index (κ3) is 4.21. The van der Waals surface area contributed by atoms with Crippen LogP contribution in [0.5, 0.6) is 0 Å². The zero-order valence-electron chi connectivity index (χ0n) is 11.6. The van der Waals surface area contributed by atoms with Crippen LogP contribution in [-0.4, -0.2) is 38.1 Å². The number of aromatic nitrogens is 2. The Labute approximate surface area is 133 Å². The molecule has 23 heavy (non-hydrogen) atoms. The molecule has 1 aliphatic carbocycles. The molecular weight excluding hydrogens is 341 g/mol. The molecule has 7 nitrogen and oxygen atoms in total. The molecule has 1 saturated carbocycles. The van der Waals surface area contributed by atoms with Crippen LogP contribution in [0.4, 0.5) is 19.0 Å². The fourth-order valence-corrected chi connectivity index (χ4v) is 2.53. The van der Waals surface area contributed by atoms with E-state index in [1.54, 1.807) is 0 Å². The van der Waals surface area contributed by atoms with Crippen molar-refractivity contribution in [3.05, 3.63) is 17.5 Å². The first-order valence-electron chi connectivity index (χ1n) is 6.65. The van der Waals surface area contributed by atoms with Gasteiger partial charge in [-0.15, -0.1) is 0 Å². The quantitative estimate of drug-likeness (QED) is 0.480. The van der Waals surface area contributed by atoms with Crippen LogP contribution in [0.25, 0.3) is 0 Å². The largest absolute Gasteiger partial charge is 0.391 e. The van der Waals surface area contributed by atoms with E-state index in [1.165, 1.54) is 12.4 Å². The van der Waals surface area contributed by atoms with Gasteiger partial charge in [0.25, 0.3) is 0 Å². The number of nitrogens with one attached hydrogen (secondary N) is 2. The summed E-state index contributed by atoms with van der Waals surface area (Å²) in [7, 11) is 0. The molecule has 0 saturated heterocycles. The van der Waals surface area contributed by atoms with Crippen molar-refractivity contribution >= 4 is 23.3 Å². The van der Waals surface area contributed by atoms with Crippen molar-refractivity contribution < 1.29 is 28.2 Å². The van der Waals surface area contributed by atoms with Crippen molar-refractivity contribution in [2.75, 3.05) is 5.43 Å². The van der Waals surface area contributed by atoms with Crippen LogP contribution in [0.1, 0.15) is 19.3 Å². The van der Waals surface area contributed by atoms with E-state index in [0.29, 0.717) is 0 Å². The van der Waals surface area contributed by atoms with E-state index in [4.69, 9.17) is 11.6 Å². The second-order valence-corrected chi connectivity index (χ2v) is 5.61. The Morgan fingerprint density at radius 2 is 2.00 bits per heavy atom. The van der Waals surface area contributed by atoms with Crippen LogP contribution in [0.15, 0.2) is 12.4 Å². The standard InChI is InChI=1S/C12H14ClF3N4O3/c13-8-9(18-4-3-17-8)19-20-10(21)7-5-6(12(14,15)16)1-2-11(7,22)23/h3-4,6-7,22-23H,1-2,5H2,(H,18,19)(H,20,21). The van der Waals surface area contributed by atoms with Crippen LogP contribution in [-0.2, 0) is 4.79 Å². The van der Waals surface area contributed by atoms with Crippen molar-refractivity contribution in [2.45, 2.75) is 31.2 Å². The minimum absolute atomic E-state index is 0.0211. The predicted octanol–water partition coefficient (Wildman–Crippen LogP) is 1.23. The van der Waals surface area contributed by atoms with E-state index in [2.05, 4.69) is 20.8 Å². The molecule has 1 amide bonds. The summed E-state index contributed by atoms with van der Waals surface area (Å²) in [6, 6.07) is 0. The first-order chi connectivity index (χ1) is 10.6. The van der Waals surface area contributed by atoms with Crippen molar-refractivity contribution in [1.82, 2.24) is 15.4 Å². The lowest BCUT2D eigenvalue weighted by Gasteiger charge is -2.38. The third-order valence-electron chi connectivity index (χ3n) is 3.68. The Morgan fingerprint density at radius 1 is 1.35 bits per heavy atom. The van der Waals surface area contributed by atoms with Gasteiger partial charge in [0.2, 0.25) is 5.91 Å². The maximum Gasteiger partial charge on any atom is 0.391 e. The summed E-state index contributed by atoms with van der Waals surface area (Å²) in [6.07, 6.45) is -3.65. The number of halogens is 4. The number of hydrogen-bond acceptors (Lipinski definition) is 6. The summed E-state index contributed by atoms with van der Waals surface area (Å²) in [4.78, 5) is 19.5. The van der Waals surface area contributed by atoms with Gasteiger partial charge in [0.15, 0.2) is 16.8 Å². The van der Waals surface area contributed by atoms with E-state index in [-0.39, 0.29) is 11.0 Å². The Bertz CT molecular complexity index is 585. The molecule has 2 rings (SSSR count). The van der Waals surface area contributed by atoms with Crippen molar-refractivity contribution in [3.8, 4) is 0 Å². The highest BCUT2D eigenvalue weighted by Crippen LogP contribution is 2.43. The molecule has 1 heterocycles. The molecule has 1 fully saturated rings. The molecule has 1 aromatic rings. The Kier molecular flexibility index (Phi) is 4.97. The Balaban J connectivity index is 2.05. The van der Waals surface area contributed by atoms with Gasteiger partial charge in [-0.05, 0) is 12.8 Å². The van der Waals surface area contributed by atoms with Gasteiger partial charge in [-0.2, -0.15) is 13.2 Å². The first-order valence-corrected chi connectivity index (χ1v) is 7.03. The van der Waals surface area contributed by atoms with E-state index in [9.17, 15) is 28.2 Å². The highest BCUT2D eigenvalue weighted by atomic mass is 35.5. The predicted molar refractivity (Wildman–Crippen MR) is 72.9 cm³/mol. The summed E-state index contributed by atoms with van der Waals surface area (Å²) in [5, 5.41) is 19.5. The number of aliphatic hydroxyl groups is 2. The molecule has 1 aliphatic rings. The van der Waals surface area contributed by atoms with E-state index < -0.39 is 49.0 Å². The van der Waals surface area contributed by atoms with Gasteiger partial charge < -0.3 is 10.2 Å². The molecule has 0 spiro atoms. The number of carbonyl (C=O) groups excluding carboxylic acids is 1. The molecular formula is C12H14ClF3N4O3. The smallest absolute Gasteiger partial charge is 0.365 e. The lowest BCUT2D eigenvalue weighted by molar-refractivity contribution is -0.251. The number of amides is 1. The van der Waals surface area contributed by atoms with Crippen LogP contribution < -0.4 is 10.9 Å². The Hall–Kier alpha value is -1.65. The highest BCUT2D eigenvalue weighted by molar-refractivity contribution is 6.31. The molecule has 128 valence electrons. The van der Waals surface area contributed by atoms with Gasteiger partial charge in [-0.1, -0.05) is 11.6 Å². The summed E-state index contributed by atoms with van der Waals surface area (Å²) in [6.45, 7) is 0. The molecule has 0 aliphatic heterocycles. The van der Waals surface area contributed by atoms with Gasteiger partial charge in [-0.3, -0.25) is 15.6 Å². The average Bonchev–Trinajstić information content (AvgIpc) is 2.44. The molecule has 11 heteroatoms. The van der Waals surface area contributed by atoms with Gasteiger partial charge in [0.1, 0.15) is 0 Å². The zero-order chi connectivity index (χ0) is 17.3. The van der Waals surface area contributed by atoms with Crippen LogP contribution in [0, 0.1) is 11.8 Å². The zero-order valence-corrected chi connectivity index (χ0v) is 12.4. The van der Waals surface area contributed by atoms with Crippen molar-refractivity contribution in [1.29, 1.82) is 0 Å². The summed E-state index contributed by atoms with van der Waals surface area (Å²) >= 11 is 5.70. The molecule has 0 bridgehead atoms. The van der Waals surface area contributed by atoms with Gasteiger partial charge in [0, 0.05) is 18.8 Å². The maximum atomic E-state index is 12.8. The normalized spacial score (nSPS) is 24.1. The second kappa shape index (κ2) is 6.46. The molecule has 2 atom stereocenters. The van der Waals surface area contributed by atoms with Gasteiger partial charge in [0.05, 0.1) is 11.8 Å². The monoisotopic (exact) mass is 354 g/mol. The summed E-state index contributed by atoms with van der Waals surface area (Å²) in [5.41, 5.74) is 4.37. The molecule has 2 unspecified atom stereocenters. The lowest BCUT2D eigenvalue weighted by atomic mass is 9.76. The average molecular weight is 355 g/mol. The maximum absolute atomic E-state index is 12.8. The number of alkyl halides is 3. The topological polar surface area (TPSA) is 107 Å². The molecule has 1 aromatic heterocycles. The highest BCUT2D eigenvalue weighted by Gasteiger charge is 2.52. The number of hydrazine groups is 1. The van der Waals surface area contributed by atoms with E-state index >= 15 is 0 Å². The number of anilines is 1.